The second-order valence-corrected chi connectivity index (χ2v) is 12.1. The van der Waals surface area contributed by atoms with Crippen molar-refractivity contribution in [1.82, 2.24) is 0 Å². The van der Waals surface area contributed by atoms with Crippen LogP contribution >= 0.6 is 0 Å². The summed E-state index contributed by atoms with van der Waals surface area (Å²) in [5, 5.41) is 15.3. The summed E-state index contributed by atoms with van der Waals surface area (Å²) in [6.07, 6.45) is -9.66. The molecule has 16 nitrogen and oxygen atoms in total. The first-order valence-corrected chi connectivity index (χ1v) is 17.3. The zero-order valence-electron chi connectivity index (χ0n) is 29.7. The van der Waals surface area contributed by atoms with Crippen LogP contribution in [0.15, 0.2) is 65.8 Å². The van der Waals surface area contributed by atoms with Gasteiger partial charge >= 0.3 is 17.9 Å². The van der Waals surface area contributed by atoms with Crippen LogP contribution in [0.5, 0.6) is 0 Å². The van der Waals surface area contributed by atoms with E-state index in [0.29, 0.717) is 12.8 Å². The number of hydrogen-bond donors (Lipinski definition) is 1. The standard InChI is InChI=1S/C36H47N3O13/c1-5-7-19-46-28-25(38-39-37)35(45-4)49-24(21-48-32(41)22-15-11-9-12-16-22)27(28)51-36-31(50-33(42)23-17-13-10-14-18-23)29(47-20-8-6-2)26(40)30(52-36)34(43)44-3/h9-18,24-31,35-36,40H,5-8,19-21H2,1-4H3/t24?,25?,26-,27+,28+,29?,30?,31-,35-,36+/m0/s1. The Bertz CT molecular complexity index is 1460. The van der Waals surface area contributed by atoms with Gasteiger partial charge in [0.05, 0.1) is 24.3 Å². The molecule has 2 saturated heterocycles. The Morgan fingerprint density at radius 2 is 1.40 bits per heavy atom. The van der Waals surface area contributed by atoms with E-state index in [1.54, 1.807) is 60.7 Å². The molecule has 2 aromatic carbocycles. The number of azide groups is 1. The van der Waals surface area contributed by atoms with Gasteiger partial charge in [0.2, 0.25) is 0 Å². The first-order chi connectivity index (χ1) is 25.3. The molecule has 0 amide bonds. The van der Waals surface area contributed by atoms with Crippen molar-refractivity contribution in [2.45, 2.75) is 101 Å². The normalized spacial score (nSPS) is 28.6. The first-order valence-electron chi connectivity index (χ1n) is 17.3. The Balaban J connectivity index is 1.77. The summed E-state index contributed by atoms with van der Waals surface area (Å²) in [7, 11) is 2.48. The van der Waals surface area contributed by atoms with Crippen LogP contribution in [-0.2, 0) is 47.4 Å². The van der Waals surface area contributed by atoms with Gasteiger partial charge in [-0.2, -0.15) is 0 Å². The van der Waals surface area contributed by atoms with Gasteiger partial charge in [-0.15, -0.1) is 0 Å². The van der Waals surface area contributed by atoms with Crippen molar-refractivity contribution in [2.75, 3.05) is 34.0 Å². The molecule has 2 aromatic rings. The highest BCUT2D eigenvalue weighted by molar-refractivity contribution is 5.90. The van der Waals surface area contributed by atoms with Crippen LogP contribution in [0.4, 0.5) is 0 Å². The van der Waals surface area contributed by atoms with E-state index in [-0.39, 0.29) is 24.3 Å². The minimum Gasteiger partial charge on any atom is -0.467 e. The number of esters is 3. The van der Waals surface area contributed by atoms with Crippen molar-refractivity contribution in [3.8, 4) is 0 Å². The molecule has 2 aliphatic heterocycles. The van der Waals surface area contributed by atoms with E-state index in [0.717, 1.165) is 20.0 Å². The van der Waals surface area contributed by atoms with E-state index in [4.69, 9.17) is 42.6 Å². The van der Waals surface area contributed by atoms with Crippen LogP contribution in [-0.4, -0.2) is 118 Å². The molecule has 4 unspecified atom stereocenters. The maximum Gasteiger partial charge on any atom is 0.338 e. The van der Waals surface area contributed by atoms with Crippen LogP contribution in [0.3, 0.4) is 0 Å². The minimum absolute atomic E-state index is 0.139. The van der Waals surface area contributed by atoms with Gasteiger partial charge in [-0.25, -0.2) is 14.4 Å². The van der Waals surface area contributed by atoms with E-state index in [9.17, 15) is 25.0 Å². The van der Waals surface area contributed by atoms with Crippen LogP contribution in [0.25, 0.3) is 10.4 Å². The molecule has 2 fully saturated rings. The molecule has 1 N–H and O–H groups in total. The Morgan fingerprint density at radius 1 is 0.808 bits per heavy atom. The van der Waals surface area contributed by atoms with Gasteiger partial charge in [-0.05, 0) is 42.6 Å². The summed E-state index contributed by atoms with van der Waals surface area (Å²) in [4.78, 5) is 42.5. The van der Waals surface area contributed by atoms with Crippen molar-refractivity contribution in [1.29, 1.82) is 0 Å². The van der Waals surface area contributed by atoms with Gasteiger partial charge in [0.1, 0.15) is 37.1 Å². The number of aliphatic hydroxyl groups is 1. The summed E-state index contributed by atoms with van der Waals surface area (Å²) in [6, 6.07) is 15.3. The van der Waals surface area contributed by atoms with Gasteiger partial charge in [0, 0.05) is 25.2 Å². The smallest absolute Gasteiger partial charge is 0.338 e. The van der Waals surface area contributed by atoms with Crippen LogP contribution < -0.4 is 0 Å². The molecule has 0 radical (unpaired) electrons. The monoisotopic (exact) mass is 729 g/mol. The third-order valence-corrected chi connectivity index (χ3v) is 8.53. The fraction of sp³-hybridized carbons (Fsp3) is 0.583. The van der Waals surface area contributed by atoms with Crippen molar-refractivity contribution >= 4 is 17.9 Å². The molecule has 4 rings (SSSR count). The molecule has 2 heterocycles. The lowest BCUT2D eigenvalue weighted by atomic mass is 9.95. The average Bonchev–Trinajstić information content (AvgIpc) is 3.17. The lowest BCUT2D eigenvalue weighted by Gasteiger charge is -2.48. The van der Waals surface area contributed by atoms with Crippen LogP contribution in [0.2, 0.25) is 0 Å². The Hall–Kier alpha value is -4.12. The van der Waals surface area contributed by atoms with E-state index in [1.807, 2.05) is 13.8 Å². The molecule has 52 heavy (non-hydrogen) atoms. The van der Waals surface area contributed by atoms with E-state index in [2.05, 4.69) is 10.0 Å². The number of unbranched alkanes of at least 4 members (excludes halogenated alkanes) is 2. The molecule has 16 heteroatoms. The number of carbonyl (C=O) groups excluding carboxylic acids is 3. The number of methoxy groups -OCH3 is 2. The molecule has 0 saturated carbocycles. The van der Waals surface area contributed by atoms with Crippen molar-refractivity contribution in [3.05, 3.63) is 82.2 Å². The average molecular weight is 730 g/mol. The quantitative estimate of drug-likeness (QED) is 0.0573. The third-order valence-electron chi connectivity index (χ3n) is 8.53. The Kier molecular flexibility index (Phi) is 16.3. The van der Waals surface area contributed by atoms with E-state index < -0.39 is 85.9 Å². The van der Waals surface area contributed by atoms with E-state index >= 15 is 0 Å². The number of hydrogen-bond acceptors (Lipinski definition) is 14. The maximum absolute atomic E-state index is 13.5. The fourth-order valence-corrected chi connectivity index (χ4v) is 5.78. The Labute approximate surface area is 302 Å². The largest absolute Gasteiger partial charge is 0.467 e. The first kappa shape index (κ1) is 40.6. The topological polar surface area (TPSA) is 203 Å². The predicted octanol–water partition coefficient (Wildman–Crippen LogP) is 4.13. The van der Waals surface area contributed by atoms with Crippen LogP contribution in [0.1, 0.15) is 60.2 Å². The van der Waals surface area contributed by atoms with Crippen molar-refractivity contribution < 1.29 is 62.1 Å². The molecule has 284 valence electrons. The number of aliphatic hydroxyl groups excluding tert-OH is 1. The van der Waals surface area contributed by atoms with Crippen molar-refractivity contribution in [2.24, 2.45) is 5.11 Å². The van der Waals surface area contributed by atoms with Gasteiger partial charge in [-0.3, -0.25) is 0 Å². The fourth-order valence-electron chi connectivity index (χ4n) is 5.78. The second kappa shape index (κ2) is 20.8. The second-order valence-electron chi connectivity index (χ2n) is 12.1. The molecular formula is C36H47N3O13. The Morgan fingerprint density at radius 3 is 1.96 bits per heavy atom. The number of rotatable bonds is 18. The summed E-state index contributed by atoms with van der Waals surface area (Å²) < 4.78 is 53.2. The molecule has 0 aliphatic carbocycles. The summed E-state index contributed by atoms with van der Waals surface area (Å²) >= 11 is 0. The number of carbonyl (C=O) groups is 3. The van der Waals surface area contributed by atoms with Gasteiger partial charge in [0.15, 0.2) is 24.8 Å². The minimum atomic E-state index is -1.65. The predicted molar refractivity (Wildman–Crippen MR) is 182 cm³/mol. The highest BCUT2D eigenvalue weighted by atomic mass is 16.8. The highest BCUT2D eigenvalue weighted by Gasteiger charge is 2.55. The number of nitrogens with zero attached hydrogens (tertiary/aromatic N) is 3. The number of ether oxygens (including phenoxy) is 9. The zero-order valence-corrected chi connectivity index (χ0v) is 29.7. The lowest BCUT2D eigenvalue weighted by molar-refractivity contribution is -0.345. The molecule has 0 spiro atoms. The SMILES string of the molecule is CCCCOC1[C@H](O)C(C(=O)OC)O[C@@H](O[C@@H]2C(COC(=O)c3ccccc3)O[C@H](OC)C(N=[N+]=[N-])[C@H]2OCCCC)[C@H]1OC(=O)c1ccccc1. The van der Waals surface area contributed by atoms with E-state index in [1.165, 1.54) is 7.11 Å². The van der Waals surface area contributed by atoms with Gasteiger partial charge in [-0.1, -0.05) is 68.2 Å². The van der Waals surface area contributed by atoms with Crippen LogP contribution in [0, 0.1) is 0 Å². The summed E-state index contributed by atoms with van der Waals surface area (Å²) in [6.45, 7) is 3.86. The molecule has 10 atom stereocenters. The lowest BCUT2D eigenvalue weighted by Crippen LogP contribution is -2.66. The summed E-state index contributed by atoms with van der Waals surface area (Å²) in [5.41, 5.74) is 10.0. The zero-order chi connectivity index (χ0) is 37.5. The summed E-state index contributed by atoms with van der Waals surface area (Å²) in [5.74, 6) is -2.38. The van der Waals surface area contributed by atoms with Crippen molar-refractivity contribution in [3.63, 3.8) is 0 Å². The molecule has 0 aromatic heterocycles. The third kappa shape index (κ3) is 10.5. The van der Waals surface area contributed by atoms with Gasteiger partial charge in [0.25, 0.3) is 0 Å². The molecular weight excluding hydrogens is 682 g/mol. The molecule has 2 aliphatic rings. The maximum atomic E-state index is 13.5. The highest BCUT2D eigenvalue weighted by Crippen LogP contribution is 2.35. The molecule has 0 bridgehead atoms. The van der Waals surface area contributed by atoms with Gasteiger partial charge < -0.3 is 47.7 Å². The number of benzene rings is 2.